The fraction of sp³-hybridized carbons (Fsp3) is 0.200. The molecule has 2 aliphatic rings. The van der Waals surface area contributed by atoms with Gasteiger partial charge in [-0.1, -0.05) is 85.8 Å². The van der Waals surface area contributed by atoms with Gasteiger partial charge in [-0.3, -0.25) is 0 Å². The van der Waals surface area contributed by atoms with Crippen LogP contribution >= 0.6 is 0 Å². The number of halogens is 2. The predicted molar refractivity (Wildman–Crippen MR) is 106 cm³/mol. The van der Waals surface area contributed by atoms with Gasteiger partial charge in [0.15, 0.2) is 0 Å². The van der Waals surface area contributed by atoms with Crippen LogP contribution in [-0.4, -0.2) is 0 Å². The van der Waals surface area contributed by atoms with Crippen LogP contribution < -0.4 is 24.8 Å². The third-order valence-corrected chi connectivity index (χ3v) is 5.94. The summed E-state index contributed by atoms with van der Waals surface area (Å²) in [4.78, 5) is 0. The summed E-state index contributed by atoms with van der Waals surface area (Å²) < 4.78 is 0. The van der Waals surface area contributed by atoms with E-state index in [0.717, 1.165) is 12.8 Å². The Morgan fingerprint density at radius 1 is 0.857 bits per heavy atom. The van der Waals surface area contributed by atoms with Gasteiger partial charge in [-0.05, 0) is 57.7 Å². The van der Waals surface area contributed by atoms with Crippen LogP contribution in [0, 0.1) is 5.92 Å². The van der Waals surface area contributed by atoms with Crippen LogP contribution in [0.15, 0.2) is 72.8 Å². The van der Waals surface area contributed by atoms with Crippen LogP contribution in [0.25, 0.3) is 17.2 Å². The second-order valence-electron chi connectivity index (χ2n) is 7.47. The maximum atomic E-state index is 2.40. The van der Waals surface area contributed by atoms with E-state index in [-0.39, 0.29) is 50.7 Å². The predicted octanol–water partition coefficient (Wildman–Crippen LogP) is 0.253. The molecule has 0 aliphatic heterocycles. The Morgan fingerprint density at radius 3 is 2.43 bits per heavy atom. The molecule has 0 radical (unpaired) electrons. The number of allylic oxidation sites excluding steroid dienone is 1. The number of rotatable bonds is 3. The van der Waals surface area contributed by atoms with Gasteiger partial charge in [0.05, 0.1) is 0 Å². The van der Waals surface area contributed by atoms with Crippen molar-refractivity contribution in [2.75, 3.05) is 0 Å². The van der Waals surface area contributed by atoms with E-state index in [9.17, 15) is 0 Å². The molecule has 0 N–H and O–H groups in total. The van der Waals surface area contributed by atoms with Crippen molar-refractivity contribution >= 4 is 6.08 Å². The van der Waals surface area contributed by atoms with Crippen molar-refractivity contribution in [3.8, 4) is 11.1 Å². The molecular formula is C25H22Cl2Hf-2. The molecule has 0 heterocycles. The standard InChI is InChI=1S/C25H22.2ClH.Hf/c1-17(21-14-13-18-7-2-4-10-22(18)21)15-19-9-6-12-24-23-11-5-3-8-20(23)16-25(19)24;;;/h2-14,17,21H,15-16H2,1H3;2*1H;/p-2. The summed E-state index contributed by atoms with van der Waals surface area (Å²) in [5.74, 6) is 1.14. The number of benzene rings is 3. The summed E-state index contributed by atoms with van der Waals surface area (Å²) in [7, 11) is 0. The SMILES string of the molecule is CC(Cc1cccc2c1Cc1ccccc1-2)C1C=Cc2ccccc21.[Cl-].[Cl-].[Hf]. The smallest absolute Gasteiger partial charge is 0.00560 e. The third kappa shape index (κ3) is 3.95. The largest absolute Gasteiger partial charge is 1.00 e. The summed E-state index contributed by atoms with van der Waals surface area (Å²) in [5.41, 5.74) is 10.3. The van der Waals surface area contributed by atoms with Crippen LogP contribution in [0.5, 0.6) is 0 Å². The molecule has 2 unspecified atom stereocenters. The van der Waals surface area contributed by atoms with E-state index in [4.69, 9.17) is 0 Å². The maximum absolute atomic E-state index is 2.40. The quantitative estimate of drug-likeness (QED) is 0.310. The first kappa shape index (κ1) is 23.1. The van der Waals surface area contributed by atoms with E-state index in [1.807, 2.05) is 0 Å². The van der Waals surface area contributed by atoms with Gasteiger partial charge in [0.25, 0.3) is 0 Å². The second kappa shape index (κ2) is 9.57. The molecule has 0 saturated carbocycles. The van der Waals surface area contributed by atoms with Crippen molar-refractivity contribution in [3.05, 3.63) is 101 Å². The van der Waals surface area contributed by atoms with Gasteiger partial charge in [0.1, 0.15) is 0 Å². The van der Waals surface area contributed by atoms with Crippen LogP contribution in [0.3, 0.4) is 0 Å². The average molecular weight is 572 g/mol. The van der Waals surface area contributed by atoms with Crippen LogP contribution in [0.4, 0.5) is 0 Å². The van der Waals surface area contributed by atoms with E-state index in [1.165, 1.54) is 33.4 Å². The van der Waals surface area contributed by atoms with Crippen molar-refractivity contribution in [1.82, 2.24) is 0 Å². The van der Waals surface area contributed by atoms with Crippen LogP contribution in [0.1, 0.15) is 40.7 Å². The summed E-state index contributed by atoms with van der Waals surface area (Å²) >= 11 is 0. The average Bonchev–Trinajstić information content (AvgIpc) is 3.24. The Hall–Kier alpha value is -1.15. The minimum atomic E-state index is 0. The fourth-order valence-corrected chi connectivity index (χ4v) is 4.66. The normalized spacial score (nSPS) is 16.0. The molecule has 0 nitrogen and oxygen atoms in total. The molecule has 2 atom stereocenters. The van der Waals surface area contributed by atoms with Gasteiger partial charge >= 0.3 is 0 Å². The Balaban J connectivity index is 0.000000934. The van der Waals surface area contributed by atoms with Gasteiger partial charge in [0, 0.05) is 31.8 Å². The topological polar surface area (TPSA) is 0 Å². The first-order chi connectivity index (χ1) is 12.3. The van der Waals surface area contributed by atoms with E-state index in [2.05, 4.69) is 85.8 Å². The second-order valence-corrected chi connectivity index (χ2v) is 7.47. The summed E-state index contributed by atoms with van der Waals surface area (Å²) in [6, 6.07) is 24.6. The van der Waals surface area contributed by atoms with E-state index in [1.54, 1.807) is 5.56 Å². The molecule has 3 aromatic carbocycles. The first-order valence-electron chi connectivity index (χ1n) is 9.27. The molecule has 0 fully saturated rings. The van der Waals surface area contributed by atoms with Gasteiger partial charge in [0.2, 0.25) is 0 Å². The van der Waals surface area contributed by atoms with Crippen molar-refractivity contribution in [2.24, 2.45) is 5.92 Å². The first-order valence-corrected chi connectivity index (χ1v) is 9.27. The van der Waals surface area contributed by atoms with Crippen molar-refractivity contribution in [3.63, 3.8) is 0 Å². The Kier molecular flexibility index (Phi) is 7.90. The van der Waals surface area contributed by atoms with Crippen molar-refractivity contribution in [2.45, 2.75) is 25.7 Å². The summed E-state index contributed by atoms with van der Waals surface area (Å²) in [5, 5.41) is 0. The van der Waals surface area contributed by atoms with Crippen LogP contribution in [0.2, 0.25) is 0 Å². The minimum Gasteiger partial charge on any atom is -1.00 e. The molecule has 0 bridgehead atoms. The Morgan fingerprint density at radius 2 is 1.57 bits per heavy atom. The molecule has 142 valence electrons. The molecule has 2 aliphatic carbocycles. The van der Waals surface area contributed by atoms with Crippen molar-refractivity contribution < 1.29 is 50.7 Å². The molecule has 3 heteroatoms. The number of fused-ring (bicyclic) bond motifs is 4. The Labute approximate surface area is 199 Å². The molecule has 0 amide bonds. The van der Waals surface area contributed by atoms with Crippen LogP contribution in [-0.2, 0) is 38.7 Å². The Bertz CT molecular complexity index is 993. The van der Waals surface area contributed by atoms with Crippen molar-refractivity contribution in [1.29, 1.82) is 0 Å². The molecule has 3 aromatic rings. The number of hydrogen-bond acceptors (Lipinski definition) is 0. The number of hydrogen-bond donors (Lipinski definition) is 0. The zero-order valence-corrected chi connectivity index (χ0v) is 20.9. The maximum Gasteiger partial charge on any atom is 0.00560 e. The van der Waals surface area contributed by atoms with Gasteiger partial charge in [-0.2, -0.15) is 0 Å². The monoisotopic (exact) mass is 572 g/mol. The van der Waals surface area contributed by atoms with E-state index < -0.39 is 0 Å². The molecule has 0 aromatic heterocycles. The molecule has 0 spiro atoms. The van der Waals surface area contributed by atoms with E-state index >= 15 is 0 Å². The molecule has 0 saturated heterocycles. The fourth-order valence-electron chi connectivity index (χ4n) is 4.66. The summed E-state index contributed by atoms with van der Waals surface area (Å²) in [6.07, 6.45) is 6.92. The molecule has 28 heavy (non-hydrogen) atoms. The summed E-state index contributed by atoms with van der Waals surface area (Å²) in [6.45, 7) is 2.40. The van der Waals surface area contributed by atoms with Gasteiger partial charge in [-0.25, -0.2) is 0 Å². The van der Waals surface area contributed by atoms with E-state index in [0.29, 0.717) is 11.8 Å². The zero-order valence-electron chi connectivity index (χ0n) is 15.8. The van der Waals surface area contributed by atoms with Gasteiger partial charge in [-0.15, -0.1) is 0 Å². The third-order valence-electron chi connectivity index (χ3n) is 5.94. The minimum absolute atomic E-state index is 0. The zero-order chi connectivity index (χ0) is 16.8. The molecular weight excluding hydrogens is 550 g/mol. The van der Waals surface area contributed by atoms with Gasteiger partial charge < -0.3 is 24.8 Å². The molecule has 5 rings (SSSR count).